The van der Waals surface area contributed by atoms with E-state index in [2.05, 4.69) is 16.3 Å². The molecule has 4 nitrogen and oxygen atoms in total. The summed E-state index contributed by atoms with van der Waals surface area (Å²) < 4.78 is 0. The van der Waals surface area contributed by atoms with Gasteiger partial charge in [-0.05, 0) is 25.0 Å². The number of hydrogen-bond acceptors (Lipinski definition) is 3. The quantitative estimate of drug-likeness (QED) is 0.841. The highest BCUT2D eigenvalue weighted by molar-refractivity contribution is 5.83. The maximum atomic E-state index is 11.9. The van der Waals surface area contributed by atoms with Crippen LogP contribution < -0.4 is 16.0 Å². The normalized spacial score (nSPS) is 23.2. The van der Waals surface area contributed by atoms with Crippen molar-refractivity contribution in [1.29, 1.82) is 0 Å². The third-order valence-electron chi connectivity index (χ3n) is 3.80. The van der Waals surface area contributed by atoms with Gasteiger partial charge in [-0.15, -0.1) is 0 Å². The molecule has 0 radical (unpaired) electrons. The zero-order valence-corrected chi connectivity index (χ0v) is 11.1. The molecule has 1 aliphatic rings. The minimum atomic E-state index is -0.295. The number of nitrogens with one attached hydrogen (secondary N) is 1. The Kier molecular flexibility index (Phi) is 3.57. The smallest absolute Gasteiger partial charge is 0.227 e. The number of carbonyl (C=O) groups is 1. The number of hydrogen-bond donors (Lipinski definition) is 2. The third-order valence-corrected chi connectivity index (χ3v) is 3.80. The van der Waals surface area contributed by atoms with Crippen LogP contribution in [0.25, 0.3) is 0 Å². The molecule has 1 aromatic carbocycles. The van der Waals surface area contributed by atoms with Gasteiger partial charge in [0.1, 0.15) is 0 Å². The molecule has 3 N–H and O–H groups in total. The summed E-state index contributed by atoms with van der Waals surface area (Å²) in [5.74, 6) is 0.121. The summed E-state index contributed by atoms with van der Waals surface area (Å²) in [6.45, 7) is 4.21. The second-order valence-electron chi connectivity index (χ2n) is 5.14. The van der Waals surface area contributed by atoms with Crippen molar-refractivity contribution in [2.45, 2.75) is 19.9 Å². The molecule has 1 amide bonds. The number of rotatable bonds is 3. The van der Waals surface area contributed by atoms with Crippen LogP contribution in [0.2, 0.25) is 0 Å². The number of benzene rings is 1. The fraction of sp³-hybridized carbons (Fsp3) is 0.500. The van der Waals surface area contributed by atoms with Crippen LogP contribution in [0.1, 0.15) is 18.9 Å². The van der Waals surface area contributed by atoms with Crippen LogP contribution in [0.3, 0.4) is 0 Å². The van der Waals surface area contributed by atoms with Crippen LogP contribution in [0.4, 0.5) is 5.69 Å². The van der Waals surface area contributed by atoms with E-state index in [0.717, 1.165) is 30.8 Å². The van der Waals surface area contributed by atoms with Gasteiger partial charge in [-0.2, -0.15) is 0 Å². The van der Waals surface area contributed by atoms with Crippen LogP contribution >= 0.6 is 0 Å². The lowest BCUT2D eigenvalue weighted by Gasteiger charge is -2.25. The molecule has 2 rings (SSSR count). The number of nitrogens with two attached hydrogens (primary N) is 1. The largest absolute Gasteiger partial charge is 0.370 e. The first kappa shape index (κ1) is 12.9. The Morgan fingerprint density at radius 2 is 2.22 bits per heavy atom. The lowest BCUT2D eigenvalue weighted by molar-refractivity contribution is -0.128. The Morgan fingerprint density at radius 3 is 2.89 bits per heavy atom. The molecule has 1 aliphatic heterocycles. The van der Waals surface area contributed by atoms with Crippen LogP contribution in [-0.4, -0.2) is 26.0 Å². The van der Waals surface area contributed by atoms with E-state index in [0.29, 0.717) is 6.54 Å². The van der Waals surface area contributed by atoms with Crippen LogP contribution in [0, 0.1) is 5.41 Å². The highest BCUT2D eigenvalue weighted by Gasteiger charge is 2.40. The monoisotopic (exact) mass is 247 g/mol. The van der Waals surface area contributed by atoms with Crippen molar-refractivity contribution in [3.8, 4) is 0 Å². The number of anilines is 1. The minimum Gasteiger partial charge on any atom is -0.370 e. The van der Waals surface area contributed by atoms with Crippen LogP contribution in [0.15, 0.2) is 24.3 Å². The van der Waals surface area contributed by atoms with E-state index in [-0.39, 0.29) is 11.3 Å². The molecular formula is C14H21N3O. The Balaban J connectivity index is 2.20. The standard InChI is InChI=1S/C14H21N3O/c1-14(13(18)16-2)7-8-17(10-14)12-6-4-3-5-11(12)9-15/h3-6H,7-10,15H2,1-2H3,(H,16,18). The summed E-state index contributed by atoms with van der Waals surface area (Å²) in [5, 5.41) is 2.76. The Morgan fingerprint density at radius 1 is 1.50 bits per heavy atom. The molecular weight excluding hydrogens is 226 g/mol. The van der Waals surface area contributed by atoms with E-state index >= 15 is 0 Å². The number of carbonyl (C=O) groups excluding carboxylic acids is 1. The molecule has 1 unspecified atom stereocenters. The fourth-order valence-electron chi connectivity index (χ4n) is 2.65. The molecule has 0 bridgehead atoms. The predicted octanol–water partition coefficient (Wildman–Crippen LogP) is 1.11. The second kappa shape index (κ2) is 4.98. The summed E-state index contributed by atoms with van der Waals surface area (Å²) >= 11 is 0. The maximum absolute atomic E-state index is 11.9. The van der Waals surface area contributed by atoms with Crippen molar-refractivity contribution in [1.82, 2.24) is 5.32 Å². The zero-order chi connectivity index (χ0) is 13.2. The Labute approximate surface area is 108 Å². The molecule has 18 heavy (non-hydrogen) atoms. The van der Waals surface area contributed by atoms with Gasteiger partial charge in [-0.25, -0.2) is 0 Å². The molecule has 1 aromatic rings. The fourth-order valence-corrected chi connectivity index (χ4v) is 2.65. The molecule has 0 saturated carbocycles. The van der Waals surface area contributed by atoms with Crippen molar-refractivity contribution in [2.75, 3.05) is 25.0 Å². The first-order valence-electron chi connectivity index (χ1n) is 6.36. The van der Waals surface area contributed by atoms with E-state index in [1.807, 2.05) is 25.1 Å². The van der Waals surface area contributed by atoms with Gasteiger partial charge in [-0.1, -0.05) is 18.2 Å². The van der Waals surface area contributed by atoms with Gasteiger partial charge in [0, 0.05) is 32.4 Å². The molecule has 1 fully saturated rings. The Hall–Kier alpha value is -1.55. The van der Waals surface area contributed by atoms with E-state index in [1.54, 1.807) is 7.05 Å². The van der Waals surface area contributed by atoms with E-state index in [4.69, 9.17) is 5.73 Å². The average Bonchev–Trinajstić information content (AvgIpc) is 2.81. The molecule has 1 heterocycles. The Bertz CT molecular complexity index is 446. The first-order valence-corrected chi connectivity index (χ1v) is 6.36. The van der Waals surface area contributed by atoms with Gasteiger partial charge < -0.3 is 16.0 Å². The van der Waals surface area contributed by atoms with Crippen molar-refractivity contribution in [3.63, 3.8) is 0 Å². The first-order chi connectivity index (χ1) is 8.60. The lowest BCUT2D eigenvalue weighted by atomic mass is 9.89. The van der Waals surface area contributed by atoms with Crippen LogP contribution in [-0.2, 0) is 11.3 Å². The van der Waals surface area contributed by atoms with Gasteiger partial charge in [0.25, 0.3) is 0 Å². The average molecular weight is 247 g/mol. The second-order valence-corrected chi connectivity index (χ2v) is 5.14. The van der Waals surface area contributed by atoms with E-state index < -0.39 is 0 Å². The van der Waals surface area contributed by atoms with Crippen molar-refractivity contribution in [2.24, 2.45) is 11.1 Å². The van der Waals surface area contributed by atoms with Gasteiger partial charge in [0.15, 0.2) is 0 Å². The van der Waals surface area contributed by atoms with Crippen molar-refractivity contribution < 1.29 is 4.79 Å². The van der Waals surface area contributed by atoms with Crippen molar-refractivity contribution in [3.05, 3.63) is 29.8 Å². The summed E-state index contributed by atoms with van der Waals surface area (Å²) in [5.41, 5.74) is 7.77. The number of para-hydroxylation sites is 1. The predicted molar refractivity (Wildman–Crippen MR) is 73.3 cm³/mol. The van der Waals surface area contributed by atoms with Gasteiger partial charge >= 0.3 is 0 Å². The molecule has 0 spiro atoms. The molecule has 1 saturated heterocycles. The van der Waals surface area contributed by atoms with Gasteiger partial charge in [0.2, 0.25) is 5.91 Å². The maximum Gasteiger partial charge on any atom is 0.227 e. The van der Waals surface area contributed by atoms with Gasteiger partial charge in [0.05, 0.1) is 5.41 Å². The van der Waals surface area contributed by atoms with E-state index in [9.17, 15) is 4.79 Å². The molecule has 0 aliphatic carbocycles. The molecule has 0 aromatic heterocycles. The minimum absolute atomic E-state index is 0.121. The van der Waals surface area contributed by atoms with Gasteiger partial charge in [-0.3, -0.25) is 4.79 Å². The summed E-state index contributed by atoms with van der Waals surface area (Å²) in [4.78, 5) is 14.2. The van der Waals surface area contributed by atoms with Crippen LogP contribution in [0.5, 0.6) is 0 Å². The molecule has 1 atom stereocenters. The topological polar surface area (TPSA) is 58.4 Å². The highest BCUT2D eigenvalue weighted by atomic mass is 16.2. The summed E-state index contributed by atoms with van der Waals surface area (Å²) in [6.07, 6.45) is 0.881. The number of amides is 1. The molecule has 4 heteroatoms. The summed E-state index contributed by atoms with van der Waals surface area (Å²) in [7, 11) is 1.70. The number of nitrogens with zero attached hydrogens (tertiary/aromatic N) is 1. The highest BCUT2D eigenvalue weighted by Crippen LogP contribution is 2.34. The third kappa shape index (κ3) is 2.20. The van der Waals surface area contributed by atoms with E-state index in [1.165, 1.54) is 0 Å². The lowest BCUT2D eigenvalue weighted by Crippen LogP contribution is -2.39. The summed E-state index contributed by atoms with van der Waals surface area (Å²) in [6, 6.07) is 8.15. The molecule has 98 valence electrons. The SMILES string of the molecule is CNC(=O)C1(C)CCN(c2ccccc2CN)C1. The van der Waals surface area contributed by atoms with Crippen molar-refractivity contribution >= 4 is 11.6 Å². The zero-order valence-electron chi connectivity index (χ0n) is 11.1.